The predicted octanol–water partition coefficient (Wildman–Crippen LogP) is 3.12. The van der Waals surface area contributed by atoms with E-state index in [1.165, 1.54) is 31.2 Å². The van der Waals surface area contributed by atoms with Gasteiger partial charge in [-0.3, -0.25) is 0 Å². The number of rotatable bonds is 2. The van der Waals surface area contributed by atoms with E-state index < -0.39 is 0 Å². The van der Waals surface area contributed by atoms with Crippen LogP contribution in [-0.2, 0) is 0 Å². The van der Waals surface area contributed by atoms with Crippen LogP contribution in [0.2, 0.25) is 0 Å². The Morgan fingerprint density at radius 2 is 2.00 bits per heavy atom. The molecule has 2 fully saturated rings. The normalized spacial score (nSPS) is 30.8. The van der Waals surface area contributed by atoms with Gasteiger partial charge in [-0.05, 0) is 49.3 Å². The molecule has 2 saturated heterocycles. The van der Waals surface area contributed by atoms with Crippen LogP contribution in [0, 0.1) is 0 Å². The molecule has 0 aromatic heterocycles. The summed E-state index contributed by atoms with van der Waals surface area (Å²) in [5.74, 6) is 1.67. The number of hydrogen-bond acceptors (Lipinski definition) is 2. The molecule has 0 spiro atoms. The molecule has 1 N–H and O–H groups in total. The lowest BCUT2D eigenvalue weighted by molar-refractivity contribution is 0.357. The zero-order chi connectivity index (χ0) is 11.0. The number of fused-ring (bicyclic) bond motifs is 2. The molecule has 17 heavy (non-hydrogen) atoms. The van der Waals surface area contributed by atoms with Crippen molar-refractivity contribution in [2.24, 2.45) is 0 Å². The summed E-state index contributed by atoms with van der Waals surface area (Å²) < 4.78 is 5.30. The van der Waals surface area contributed by atoms with Gasteiger partial charge in [-0.1, -0.05) is 12.1 Å². The van der Waals surface area contributed by atoms with Gasteiger partial charge in [0.2, 0.25) is 0 Å². The maximum Gasteiger partial charge on any atom is 0.119 e. The van der Waals surface area contributed by atoms with Gasteiger partial charge in [0.05, 0.1) is 7.11 Å². The van der Waals surface area contributed by atoms with E-state index in [0.717, 1.165) is 11.8 Å². The summed E-state index contributed by atoms with van der Waals surface area (Å²) in [6, 6.07) is 10.1. The first-order chi connectivity index (χ1) is 7.86. The Morgan fingerprint density at radius 1 is 1.18 bits per heavy atom. The molecule has 2 nitrogen and oxygen atoms in total. The average Bonchev–Trinajstić information content (AvgIpc) is 2.71. The zero-order valence-corrected chi connectivity index (χ0v) is 11.0. The van der Waals surface area contributed by atoms with E-state index in [1.54, 1.807) is 7.11 Å². The zero-order valence-electron chi connectivity index (χ0n) is 10.2. The molecule has 2 heterocycles. The highest BCUT2D eigenvalue weighted by Crippen LogP contribution is 2.38. The van der Waals surface area contributed by atoms with E-state index in [0.29, 0.717) is 12.0 Å². The number of halogens is 1. The third-order valence-corrected chi connectivity index (χ3v) is 4.11. The molecular weight excluding hydrogens is 234 g/mol. The Hall–Kier alpha value is -0.730. The van der Waals surface area contributed by atoms with Gasteiger partial charge in [-0.15, -0.1) is 12.4 Å². The summed E-state index contributed by atoms with van der Waals surface area (Å²) in [5, 5.41) is 3.74. The first-order valence-electron chi connectivity index (χ1n) is 6.27. The maximum atomic E-state index is 5.30. The van der Waals surface area contributed by atoms with Crippen molar-refractivity contribution in [2.45, 2.75) is 43.7 Å². The molecule has 2 aliphatic heterocycles. The predicted molar refractivity (Wildman–Crippen MR) is 72.2 cm³/mol. The van der Waals surface area contributed by atoms with Crippen LogP contribution in [0.1, 0.15) is 37.2 Å². The lowest BCUT2D eigenvalue weighted by Crippen LogP contribution is -2.38. The molecule has 2 aliphatic rings. The van der Waals surface area contributed by atoms with Crippen LogP contribution in [0.15, 0.2) is 24.3 Å². The number of hydrogen-bond donors (Lipinski definition) is 1. The molecule has 3 atom stereocenters. The second-order valence-electron chi connectivity index (χ2n) is 5.01. The molecule has 3 unspecified atom stereocenters. The van der Waals surface area contributed by atoms with E-state index in [4.69, 9.17) is 4.74 Å². The molecule has 1 aromatic rings. The number of methoxy groups -OCH3 is 1. The molecule has 94 valence electrons. The van der Waals surface area contributed by atoms with Crippen LogP contribution < -0.4 is 10.1 Å². The Balaban J connectivity index is 0.00000108. The van der Waals surface area contributed by atoms with Crippen LogP contribution >= 0.6 is 12.4 Å². The highest BCUT2D eigenvalue weighted by molar-refractivity contribution is 5.85. The first kappa shape index (κ1) is 12.7. The third kappa shape index (κ3) is 2.43. The largest absolute Gasteiger partial charge is 0.497 e. The minimum Gasteiger partial charge on any atom is -0.497 e. The fraction of sp³-hybridized carbons (Fsp3) is 0.571. The van der Waals surface area contributed by atoms with Crippen molar-refractivity contribution in [3.63, 3.8) is 0 Å². The second-order valence-corrected chi connectivity index (χ2v) is 5.01. The molecule has 3 rings (SSSR count). The van der Waals surface area contributed by atoms with Crippen molar-refractivity contribution in [1.82, 2.24) is 5.32 Å². The average molecular weight is 254 g/mol. The minimum absolute atomic E-state index is 0. The number of piperidine rings is 1. The third-order valence-electron chi connectivity index (χ3n) is 4.11. The van der Waals surface area contributed by atoms with Crippen LogP contribution in [0.5, 0.6) is 5.75 Å². The lowest BCUT2D eigenvalue weighted by Gasteiger charge is -2.30. The van der Waals surface area contributed by atoms with Gasteiger partial charge in [0.25, 0.3) is 0 Å². The van der Waals surface area contributed by atoms with Crippen molar-refractivity contribution in [3.05, 3.63) is 29.8 Å². The highest BCUT2D eigenvalue weighted by Gasteiger charge is 2.35. The maximum absolute atomic E-state index is 5.30. The lowest BCUT2D eigenvalue weighted by atomic mass is 9.85. The van der Waals surface area contributed by atoms with Gasteiger partial charge >= 0.3 is 0 Å². The van der Waals surface area contributed by atoms with Gasteiger partial charge < -0.3 is 10.1 Å². The van der Waals surface area contributed by atoms with Crippen molar-refractivity contribution >= 4 is 12.4 Å². The summed E-state index contributed by atoms with van der Waals surface area (Å²) in [5.41, 5.74) is 1.44. The molecule has 0 amide bonds. The van der Waals surface area contributed by atoms with E-state index in [2.05, 4.69) is 23.5 Å². The van der Waals surface area contributed by atoms with E-state index in [1.807, 2.05) is 6.07 Å². The van der Waals surface area contributed by atoms with Crippen LogP contribution in [0.3, 0.4) is 0 Å². The fourth-order valence-electron chi connectivity index (χ4n) is 3.25. The van der Waals surface area contributed by atoms with Crippen LogP contribution in [0.4, 0.5) is 0 Å². The van der Waals surface area contributed by atoms with Crippen molar-refractivity contribution in [1.29, 1.82) is 0 Å². The summed E-state index contributed by atoms with van der Waals surface area (Å²) in [7, 11) is 1.74. The molecule has 0 aliphatic carbocycles. The molecule has 3 heteroatoms. The van der Waals surface area contributed by atoms with Gasteiger partial charge in [0.15, 0.2) is 0 Å². The van der Waals surface area contributed by atoms with Crippen molar-refractivity contribution < 1.29 is 4.74 Å². The minimum atomic E-state index is 0. The summed E-state index contributed by atoms with van der Waals surface area (Å²) in [6.07, 6.45) is 5.37. The summed E-state index contributed by atoms with van der Waals surface area (Å²) in [6.45, 7) is 0. The summed E-state index contributed by atoms with van der Waals surface area (Å²) in [4.78, 5) is 0. The topological polar surface area (TPSA) is 21.3 Å². The van der Waals surface area contributed by atoms with Gasteiger partial charge in [-0.2, -0.15) is 0 Å². The first-order valence-corrected chi connectivity index (χ1v) is 6.27. The smallest absolute Gasteiger partial charge is 0.119 e. The van der Waals surface area contributed by atoms with E-state index >= 15 is 0 Å². The quantitative estimate of drug-likeness (QED) is 0.875. The Morgan fingerprint density at radius 3 is 2.82 bits per heavy atom. The van der Waals surface area contributed by atoms with E-state index in [9.17, 15) is 0 Å². The van der Waals surface area contributed by atoms with Crippen molar-refractivity contribution in [2.75, 3.05) is 7.11 Å². The Bertz CT molecular complexity index is 382. The van der Waals surface area contributed by atoms with Crippen LogP contribution in [-0.4, -0.2) is 19.2 Å². The van der Waals surface area contributed by atoms with E-state index in [-0.39, 0.29) is 12.4 Å². The second kappa shape index (κ2) is 5.28. The molecule has 1 aromatic carbocycles. The molecular formula is C14H20ClNO. The number of ether oxygens (including phenoxy) is 1. The summed E-state index contributed by atoms with van der Waals surface area (Å²) >= 11 is 0. The van der Waals surface area contributed by atoms with Crippen molar-refractivity contribution in [3.8, 4) is 5.75 Å². The van der Waals surface area contributed by atoms with Gasteiger partial charge in [-0.25, -0.2) is 0 Å². The molecule has 0 saturated carbocycles. The number of nitrogens with one attached hydrogen (secondary N) is 1. The van der Waals surface area contributed by atoms with Gasteiger partial charge in [0.1, 0.15) is 5.75 Å². The monoisotopic (exact) mass is 253 g/mol. The Labute approximate surface area is 109 Å². The highest BCUT2D eigenvalue weighted by atomic mass is 35.5. The number of benzene rings is 1. The van der Waals surface area contributed by atoms with Crippen LogP contribution in [0.25, 0.3) is 0 Å². The SMILES string of the molecule is COc1cccc(C2CCC3CCC2N3)c1.Cl. The molecule has 0 radical (unpaired) electrons. The molecule has 2 bridgehead atoms. The van der Waals surface area contributed by atoms with Gasteiger partial charge in [0, 0.05) is 12.1 Å². The fourth-order valence-corrected chi connectivity index (χ4v) is 3.25. The standard InChI is InChI=1S/C14H19NO.ClH/c1-16-12-4-2-3-10(9-12)13-7-5-11-6-8-14(13)15-11;/h2-4,9,11,13-15H,5-8H2,1H3;1H. The Kier molecular flexibility index (Phi) is 3.95.